The molecule has 1 aliphatic heterocycles. The lowest BCUT2D eigenvalue weighted by Gasteiger charge is -2.40. The molecule has 2 amide bonds. The van der Waals surface area contributed by atoms with Crippen molar-refractivity contribution in [1.29, 1.82) is 0 Å². The van der Waals surface area contributed by atoms with E-state index >= 15 is 0 Å². The Morgan fingerprint density at radius 3 is 2.57 bits per heavy atom. The average Bonchev–Trinajstić information content (AvgIpc) is 3.73. The minimum Gasteiger partial charge on any atom is -0.331 e. The number of piperidine rings is 1. The summed E-state index contributed by atoms with van der Waals surface area (Å²) >= 11 is 13.2. The summed E-state index contributed by atoms with van der Waals surface area (Å²) in [6, 6.07) is 12.9. The van der Waals surface area contributed by atoms with Gasteiger partial charge in [0.15, 0.2) is 0 Å². The molecule has 2 atom stereocenters. The first-order chi connectivity index (χ1) is 20.3. The van der Waals surface area contributed by atoms with Gasteiger partial charge in [-0.05, 0) is 87.3 Å². The fourth-order valence-electron chi connectivity index (χ4n) is 6.26. The van der Waals surface area contributed by atoms with Crippen LogP contribution in [0.15, 0.2) is 42.7 Å². The van der Waals surface area contributed by atoms with Crippen LogP contribution in [0.25, 0.3) is 11.3 Å². The Morgan fingerprint density at radius 2 is 1.83 bits per heavy atom. The summed E-state index contributed by atoms with van der Waals surface area (Å²) < 4.78 is 0. The molecule has 3 aliphatic rings. The lowest BCUT2D eigenvalue weighted by Crippen LogP contribution is -2.49. The third-order valence-corrected chi connectivity index (χ3v) is 9.90. The zero-order valence-electron chi connectivity index (χ0n) is 24.5. The number of carbonyl (C=O) groups excluding carboxylic acids is 1. The molecule has 0 radical (unpaired) electrons. The van der Waals surface area contributed by atoms with Gasteiger partial charge in [-0.2, -0.15) is 0 Å². The molecule has 3 aromatic rings. The summed E-state index contributed by atoms with van der Waals surface area (Å²) in [4.78, 5) is 26.4. The van der Waals surface area contributed by atoms with Crippen LogP contribution < -0.4 is 5.32 Å². The molecule has 6 rings (SSSR count). The van der Waals surface area contributed by atoms with Gasteiger partial charge in [0.1, 0.15) is 6.33 Å². The van der Waals surface area contributed by atoms with Gasteiger partial charge in [-0.15, -0.1) is 0 Å². The number of carbonyl (C=O) groups is 1. The van der Waals surface area contributed by atoms with Gasteiger partial charge < -0.3 is 10.2 Å². The van der Waals surface area contributed by atoms with Crippen molar-refractivity contribution in [3.05, 3.63) is 80.7 Å². The van der Waals surface area contributed by atoms with Crippen LogP contribution in [-0.2, 0) is 6.42 Å². The first-order valence-corrected chi connectivity index (χ1v) is 15.7. The number of nitrogens with one attached hydrogen (secondary N) is 1. The van der Waals surface area contributed by atoms with Crippen LogP contribution in [0.2, 0.25) is 10.0 Å². The van der Waals surface area contributed by atoms with Gasteiger partial charge in [0, 0.05) is 55.0 Å². The van der Waals surface area contributed by atoms with Crippen molar-refractivity contribution in [3.63, 3.8) is 0 Å². The molecule has 2 aromatic carbocycles. The van der Waals surface area contributed by atoms with Crippen LogP contribution >= 0.6 is 23.2 Å². The van der Waals surface area contributed by atoms with Crippen molar-refractivity contribution in [2.45, 2.75) is 70.5 Å². The Labute approximate surface area is 258 Å². The molecule has 2 fully saturated rings. The maximum Gasteiger partial charge on any atom is 0.317 e. The first kappa shape index (κ1) is 29.0. The van der Waals surface area contributed by atoms with Gasteiger partial charge in [-0.1, -0.05) is 53.2 Å². The number of aryl methyl sites for hydroxylation is 2. The Bertz CT molecular complexity index is 1550. The van der Waals surface area contributed by atoms with Crippen molar-refractivity contribution < 1.29 is 4.79 Å². The Morgan fingerprint density at radius 1 is 1.05 bits per heavy atom. The predicted octanol–water partition coefficient (Wildman–Crippen LogP) is 7.37. The van der Waals surface area contributed by atoms with Crippen LogP contribution in [0.3, 0.4) is 0 Å². The molecule has 0 unspecified atom stereocenters. The molecule has 218 valence electrons. The minimum absolute atomic E-state index is 0.0931. The van der Waals surface area contributed by atoms with E-state index in [-0.39, 0.29) is 18.1 Å². The van der Waals surface area contributed by atoms with E-state index in [4.69, 9.17) is 23.2 Å². The van der Waals surface area contributed by atoms with E-state index < -0.39 is 0 Å². The van der Waals surface area contributed by atoms with Crippen LogP contribution in [-0.4, -0.2) is 52.0 Å². The van der Waals surface area contributed by atoms with Gasteiger partial charge in [0.05, 0.1) is 21.8 Å². The van der Waals surface area contributed by atoms with E-state index in [1.807, 2.05) is 44.0 Å². The second-order valence-corrected chi connectivity index (χ2v) is 12.7. The lowest BCUT2D eigenvalue weighted by molar-refractivity contribution is 0.105. The molecule has 6 nitrogen and oxygen atoms in total. The predicted molar refractivity (Wildman–Crippen MR) is 169 cm³/mol. The second kappa shape index (κ2) is 12.2. The number of fused-ring (bicyclic) bond motifs is 1. The zero-order valence-corrected chi connectivity index (χ0v) is 26.0. The smallest absolute Gasteiger partial charge is 0.317 e. The number of hydrogen-bond donors (Lipinski definition) is 1. The molecule has 1 saturated carbocycles. The summed E-state index contributed by atoms with van der Waals surface area (Å²) in [5.74, 6) is 6.87. The highest BCUT2D eigenvalue weighted by molar-refractivity contribution is 6.43. The van der Waals surface area contributed by atoms with Crippen molar-refractivity contribution in [2.24, 2.45) is 5.92 Å². The van der Waals surface area contributed by atoms with Gasteiger partial charge in [-0.25, -0.2) is 14.8 Å². The van der Waals surface area contributed by atoms with Crippen LogP contribution in [0.1, 0.15) is 79.1 Å². The zero-order chi connectivity index (χ0) is 29.4. The van der Waals surface area contributed by atoms with Crippen molar-refractivity contribution in [3.8, 4) is 23.1 Å². The standard InChI is InChI=1S/C34H37Cl2N5O/c1-21-18-30(38-20-37-21)26-9-12-29-25(19-26)10-13-31(29)41-16-14-27(15-17-41)40(3)34(42)39-22(2)28-11-8-24(32(35)33(28)36)7-6-23-4-5-23/h8-9,11-12,18-20,22-23,27,31H,4-5,10,13-17H2,1-3H3,(H,39,42)/t22-,31-/m0/s1. The Balaban J connectivity index is 1.04. The summed E-state index contributed by atoms with van der Waals surface area (Å²) in [5.41, 5.74) is 7.50. The van der Waals surface area contributed by atoms with E-state index in [1.54, 1.807) is 6.33 Å². The number of halogens is 2. The van der Waals surface area contributed by atoms with Crippen molar-refractivity contribution in [2.75, 3.05) is 20.1 Å². The van der Waals surface area contributed by atoms with E-state index in [0.29, 0.717) is 22.0 Å². The third-order valence-electron chi connectivity index (χ3n) is 9.00. The summed E-state index contributed by atoms with van der Waals surface area (Å²) in [7, 11) is 1.90. The average molecular weight is 603 g/mol. The molecule has 1 saturated heterocycles. The van der Waals surface area contributed by atoms with E-state index in [9.17, 15) is 4.79 Å². The number of benzene rings is 2. The van der Waals surface area contributed by atoms with Crippen LogP contribution in [0, 0.1) is 24.7 Å². The Kier molecular flexibility index (Phi) is 8.45. The first-order valence-electron chi connectivity index (χ1n) is 15.0. The number of rotatable bonds is 5. The maximum absolute atomic E-state index is 13.2. The van der Waals surface area contributed by atoms with Crippen LogP contribution in [0.4, 0.5) is 4.79 Å². The molecule has 42 heavy (non-hydrogen) atoms. The highest BCUT2D eigenvalue weighted by Crippen LogP contribution is 2.39. The quantitative estimate of drug-likeness (QED) is 0.310. The fourth-order valence-corrected chi connectivity index (χ4v) is 6.81. The van der Waals surface area contributed by atoms with Crippen LogP contribution in [0.5, 0.6) is 0 Å². The molecule has 0 bridgehead atoms. The molecular weight excluding hydrogens is 565 g/mol. The number of urea groups is 1. The molecule has 2 heterocycles. The minimum atomic E-state index is -0.276. The molecule has 1 aromatic heterocycles. The summed E-state index contributed by atoms with van der Waals surface area (Å²) in [5, 5.41) is 4.04. The molecular formula is C34H37Cl2N5O. The number of nitrogens with zero attached hydrogens (tertiary/aromatic N) is 4. The highest BCUT2D eigenvalue weighted by Gasteiger charge is 2.33. The highest BCUT2D eigenvalue weighted by atomic mass is 35.5. The molecule has 8 heteroatoms. The number of amides is 2. The van der Waals surface area contributed by atoms with Gasteiger partial charge >= 0.3 is 6.03 Å². The van der Waals surface area contributed by atoms with Gasteiger partial charge in [0.25, 0.3) is 0 Å². The fraction of sp³-hybridized carbons (Fsp3) is 0.441. The number of likely N-dealkylation sites (tertiary alicyclic amines) is 1. The van der Waals surface area contributed by atoms with Crippen molar-refractivity contribution >= 4 is 29.2 Å². The van der Waals surface area contributed by atoms with Gasteiger partial charge in [-0.3, -0.25) is 4.90 Å². The Hall–Kier alpha value is -3.11. The van der Waals surface area contributed by atoms with E-state index in [1.165, 1.54) is 11.1 Å². The largest absolute Gasteiger partial charge is 0.331 e. The van der Waals surface area contributed by atoms with E-state index in [0.717, 1.165) is 79.7 Å². The molecule has 2 aliphatic carbocycles. The normalized spacial score (nSPS) is 19.5. The topological polar surface area (TPSA) is 61.4 Å². The SMILES string of the molecule is Cc1cc(-c2ccc3c(c2)CC[C@@H]3N2CCC(N(C)C(=O)N[C@@H](C)c3ccc(C#CC4CC4)c(Cl)c3Cl)CC2)ncn1. The molecule has 0 spiro atoms. The molecule has 1 N–H and O–H groups in total. The number of hydrogen-bond acceptors (Lipinski definition) is 4. The maximum atomic E-state index is 13.2. The third kappa shape index (κ3) is 6.15. The lowest BCUT2D eigenvalue weighted by atomic mass is 9.98. The summed E-state index contributed by atoms with van der Waals surface area (Å²) in [6.07, 6.45) is 8.07. The summed E-state index contributed by atoms with van der Waals surface area (Å²) in [6.45, 7) is 5.88. The van der Waals surface area contributed by atoms with E-state index in [2.05, 4.69) is 50.2 Å². The monoisotopic (exact) mass is 601 g/mol. The number of aromatic nitrogens is 2. The second-order valence-electron chi connectivity index (χ2n) is 11.9. The van der Waals surface area contributed by atoms with Gasteiger partial charge in [0.2, 0.25) is 0 Å². The van der Waals surface area contributed by atoms with Crippen molar-refractivity contribution in [1.82, 2.24) is 25.1 Å².